The van der Waals surface area contributed by atoms with Gasteiger partial charge in [-0.1, -0.05) is 6.07 Å². The predicted octanol–water partition coefficient (Wildman–Crippen LogP) is 1.89. The second-order valence-corrected chi connectivity index (χ2v) is 5.52. The molecule has 0 radical (unpaired) electrons. The molecule has 0 bridgehead atoms. The van der Waals surface area contributed by atoms with Crippen molar-refractivity contribution in [3.8, 4) is 6.07 Å². The van der Waals surface area contributed by atoms with Crippen LogP contribution in [0.5, 0.6) is 0 Å². The predicted molar refractivity (Wildman–Crippen MR) is 76.2 cm³/mol. The first kappa shape index (κ1) is 13.9. The first-order valence-electron chi connectivity index (χ1n) is 6.62. The topological polar surface area (TPSA) is 48.3 Å². The molecule has 1 aliphatic rings. The van der Waals surface area contributed by atoms with Crippen LogP contribution in [0.4, 0.5) is 5.69 Å². The molecule has 0 atom stereocenters. The highest BCUT2D eigenvalue weighted by molar-refractivity contribution is 5.61. The molecule has 1 saturated heterocycles. The fourth-order valence-corrected chi connectivity index (χ4v) is 2.48. The lowest BCUT2D eigenvalue weighted by molar-refractivity contribution is -0.0277. The molecule has 0 spiro atoms. The fourth-order valence-electron chi connectivity index (χ4n) is 2.48. The third-order valence-electron chi connectivity index (χ3n) is 3.33. The van der Waals surface area contributed by atoms with Crippen LogP contribution in [0.15, 0.2) is 18.2 Å². The van der Waals surface area contributed by atoms with Gasteiger partial charge in [-0.2, -0.15) is 5.26 Å². The maximum Gasteiger partial charge on any atom is 0.101 e. The van der Waals surface area contributed by atoms with E-state index in [2.05, 4.69) is 36.2 Å². The molecule has 102 valence electrons. The highest BCUT2D eigenvalue weighted by atomic mass is 16.5. The Labute approximate surface area is 115 Å². The standard InChI is InChI=1S/C15H21N3O/c1-15(2)11-18(6-7-19-15)14-5-4-12(10-17-3)8-13(14)9-16/h4-5,8,17H,6-7,10-11H2,1-3H3. The molecule has 4 nitrogen and oxygen atoms in total. The Morgan fingerprint density at radius 1 is 1.47 bits per heavy atom. The van der Waals surface area contributed by atoms with E-state index in [1.54, 1.807) is 0 Å². The molecule has 1 N–H and O–H groups in total. The van der Waals surface area contributed by atoms with Crippen LogP contribution in [-0.4, -0.2) is 32.3 Å². The van der Waals surface area contributed by atoms with Gasteiger partial charge in [0.15, 0.2) is 0 Å². The summed E-state index contributed by atoms with van der Waals surface area (Å²) in [6.45, 7) is 7.30. The number of anilines is 1. The zero-order valence-corrected chi connectivity index (χ0v) is 11.9. The molecule has 0 aliphatic carbocycles. The maximum absolute atomic E-state index is 9.34. The van der Waals surface area contributed by atoms with Gasteiger partial charge in [-0.15, -0.1) is 0 Å². The Kier molecular flexibility index (Phi) is 4.08. The van der Waals surface area contributed by atoms with Crippen molar-refractivity contribution in [1.29, 1.82) is 5.26 Å². The van der Waals surface area contributed by atoms with E-state index in [1.165, 1.54) is 0 Å². The van der Waals surface area contributed by atoms with Gasteiger partial charge >= 0.3 is 0 Å². The van der Waals surface area contributed by atoms with Crippen LogP contribution in [0.1, 0.15) is 25.0 Å². The molecule has 1 aromatic rings. The average Bonchev–Trinajstić information content (AvgIpc) is 2.37. The Bertz CT molecular complexity index is 491. The van der Waals surface area contributed by atoms with E-state index in [9.17, 15) is 5.26 Å². The summed E-state index contributed by atoms with van der Waals surface area (Å²) >= 11 is 0. The summed E-state index contributed by atoms with van der Waals surface area (Å²) in [6.07, 6.45) is 0. The van der Waals surface area contributed by atoms with Crippen LogP contribution in [-0.2, 0) is 11.3 Å². The van der Waals surface area contributed by atoms with Gasteiger partial charge < -0.3 is 15.0 Å². The van der Waals surface area contributed by atoms with E-state index in [0.717, 1.165) is 36.4 Å². The Balaban J connectivity index is 2.27. The van der Waals surface area contributed by atoms with Crippen LogP contribution in [0.25, 0.3) is 0 Å². The van der Waals surface area contributed by atoms with Crippen LogP contribution in [0.3, 0.4) is 0 Å². The first-order chi connectivity index (χ1) is 9.05. The Morgan fingerprint density at radius 3 is 2.89 bits per heavy atom. The van der Waals surface area contributed by atoms with Gasteiger partial charge in [-0.25, -0.2) is 0 Å². The smallest absolute Gasteiger partial charge is 0.101 e. The highest BCUT2D eigenvalue weighted by Gasteiger charge is 2.28. The van der Waals surface area contributed by atoms with E-state index in [4.69, 9.17) is 4.74 Å². The van der Waals surface area contributed by atoms with Gasteiger partial charge in [-0.05, 0) is 38.6 Å². The number of benzene rings is 1. The van der Waals surface area contributed by atoms with Gasteiger partial charge in [0.25, 0.3) is 0 Å². The van der Waals surface area contributed by atoms with E-state index >= 15 is 0 Å². The summed E-state index contributed by atoms with van der Waals surface area (Å²) in [7, 11) is 1.91. The molecule has 1 aliphatic heterocycles. The summed E-state index contributed by atoms with van der Waals surface area (Å²) < 4.78 is 5.72. The number of rotatable bonds is 3. The molecular weight excluding hydrogens is 238 g/mol. The van der Waals surface area contributed by atoms with E-state index in [1.807, 2.05) is 19.2 Å². The number of hydrogen-bond acceptors (Lipinski definition) is 4. The van der Waals surface area contributed by atoms with Crippen LogP contribution in [0, 0.1) is 11.3 Å². The quantitative estimate of drug-likeness (QED) is 0.900. The third-order valence-corrected chi connectivity index (χ3v) is 3.33. The number of nitrogens with zero attached hydrogens (tertiary/aromatic N) is 2. The zero-order chi connectivity index (χ0) is 13.9. The minimum atomic E-state index is -0.158. The second-order valence-electron chi connectivity index (χ2n) is 5.52. The van der Waals surface area contributed by atoms with Crippen molar-refractivity contribution in [3.63, 3.8) is 0 Å². The van der Waals surface area contributed by atoms with Gasteiger partial charge in [0, 0.05) is 19.6 Å². The lowest BCUT2D eigenvalue weighted by atomic mass is 10.0. The first-order valence-corrected chi connectivity index (χ1v) is 6.62. The monoisotopic (exact) mass is 259 g/mol. The van der Waals surface area contributed by atoms with Gasteiger partial charge in [0.1, 0.15) is 6.07 Å². The summed E-state index contributed by atoms with van der Waals surface area (Å²) in [5.41, 5.74) is 2.73. The largest absolute Gasteiger partial charge is 0.372 e. The van der Waals surface area contributed by atoms with Crippen molar-refractivity contribution in [2.45, 2.75) is 26.0 Å². The number of nitriles is 1. The summed E-state index contributed by atoms with van der Waals surface area (Å²) in [5.74, 6) is 0. The highest BCUT2D eigenvalue weighted by Crippen LogP contribution is 2.26. The number of hydrogen-bond donors (Lipinski definition) is 1. The molecular formula is C15H21N3O. The molecule has 0 aromatic heterocycles. The van der Waals surface area contributed by atoms with Gasteiger partial charge in [0.05, 0.1) is 23.5 Å². The van der Waals surface area contributed by atoms with Crippen LogP contribution < -0.4 is 10.2 Å². The number of morpholine rings is 1. The van der Waals surface area contributed by atoms with Crippen LogP contribution >= 0.6 is 0 Å². The minimum Gasteiger partial charge on any atom is -0.372 e. The van der Waals surface area contributed by atoms with Gasteiger partial charge in [0.2, 0.25) is 0 Å². The van der Waals surface area contributed by atoms with Crippen molar-refractivity contribution in [1.82, 2.24) is 5.32 Å². The van der Waals surface area contributed by atoms with E-state index < -0.39 is 0 Å². The lowest BCUT2D eigenvalue weighted by Gasteiger charge is -2.39. The van der Waals surface area contributed by atoms with Crippen molar-refractivity contribution in [2.24, 2.45) is 0 Å². The molecule has 19 heavy (non-hydrogen) atoms. The summed E-state index contributed by atoms with van der Waals surface area (Å²) in [6, 6.07) is 8.40. The van der Waals surface area contributed by atoms with E-state index in [-0.39, 0.29) is 5.60 Å². The maximum atomic E-state index is 9.34. The third kappa shape index (κ3) is 3.25. The SMILES string of the molecule is CNCc1ccc(N2CCOC(C)(C)C2)c(C#N)c1. The molecule has 0 amide bonds. The number of ether oxygens (including phenoxy) is 1. The molecule has 0 saturated carbocycles. The Hall–Kier alpha value is -1.57. The summed E-state index contributed by atoms with van der Waals surface area (Å²) in [5, 5.41) is 12.4. The second kappa shape index (κ2) is 5.60. The van der Waals surface area contributed by atoms with E-state index in [0.29, 0.717) is 6.61 Å². The molecule has 1 heterocycles. The summed E-state index contributed by atoms with van der Waals surface area (Å²) in [4.78, 5) is 2.24. The normalized spacial score (nSPS) is 18.1. The average molecular weight is 259 g/mol. The molecule has 1 fully saturated rings. The van der Waals surface area contributed by atoms with Crippen molar-refractivity contribution in [3.05, 3.63) is 29.3 Å². The number of nitrogens with one attached hydrogen (secondary N) is 1. The fraction of sp³-hybridized carbons (Fsp3) is 0.533. The molecule has 2 rings (SSSR count). The Morgan fingerprint density at radius 2 is 2.26 bits per heavy atom. The zero-order valence-electron chi connectivity index (χ0n) is 11.9. The lowest BCUT2D eigenvalue weighted by Crippen LogP contribution is -2.48. The van der Waals surface area contributed by atoms with Crippen molar-refractivity contribution < 1.29 is 4.74 Å². The van der Waals surface area contributed by atoms with Crippen molar-refractivity contribution in [2.75, 3.05) is 31.6 Å². The van der Waals surface area contributed by atoms with Crippen molar-refractivity contribution >= 4 is 5.69 Å². The minimum absolute atomic E-state index is 0.158. The van der Waals surface area contributed by atoms with Crippen LogP contribution in [0.2, 0.25) is 0 Å². The van der Waals surface area contributed by atoms with Gasteiger partial charge in [-0.3, -0.25) is 0 Å². The molecule has 4 heteroatoms. The molecule has 0 unspecified atom stereocenters. The molecule has 1 aromatic carbocycles.